The molecule has 0 radical (unpaired) electrons. The van der Waals surface area contributed by atoms with Gasteiger partial charge in [0.25, 0.3) is 0 Å². The normalized spacial score (nSPS) is 20.6. The summed E-state index contributed by atoms with van der Waals surface area (Å²) in [6.45, 7) is 7.01. The third-order valence-corrected chi connectivity index (χ3v) is 7.25. The molecule has 2 rings (SSSR count). The zero-order valence-electron chi connectivity index (χ0n) is 12.1. The molecule has 19 heavy (non-hydrogen) atoms. The van der Waals surface area contributed by atoms with E-state index in [9.17, 15) is 0 Å². The SMILES string of the molecule is C(#[C][Hg][C]#CCN1CCCCC1)CN1CCCCC1. The van der Waals surface area contributed by atoms with Crippen molar-refractivity contribution in [3.8, 4) is 18.7 Å². The van der Waals surface area contributed by atoms with Gasteiger partial charge in [0, 0.05) is 0 Å². The Labute approximate surface area is 130 Å². The Kier molecular flexibility index (Phi) is 7.94. The molecule has 2 heterocycles. The van der Waals surface area contributed by atoms with Gasteiger partial charge >= 0.3 is 131 Å². The molecule has 0 spiro atoms. The van der Waals surface area contributed by atoms with Gasteiger partial charge in [-0.3, -0.25) is 0 Å². The first-order valence-corrected chi connectivity index (χ1v) is 13.3. The molecule has 0 bridgehead atoms. The van der Waals surface area contributed by atoms with Crippen LogP contribution in [0.15, 0.2) is 0 Å². The number of hydrogen-bond donors (Lipinski definition) is 0. The summed E-state index contributed by atoms with van der Waals surface area (Å²) in [5, 5.41) is 0. The fraction of sp³-hybridized carbons (Fsp3) is 0.750. The number of piperidine rings is 2. The van der Waals surface area contributed by atoms with Crippen LogP contribution in [-0.2, 0) is 24.6 Å². The van der Waals surface area contributed by atoms with Crippen molar-refractivity contribution in [1.82, 2.24) is 9.80 Å². The van der Waals surface area contributed by atoms with E-state index >= 15 is 0 Å². The van der Waals surface area contributed by atoms with E-state index < -0.39 is 24.6 Å². The second-order valence-corrected chi connectivity index (χ2v) is 9.68. The molecular formula is C16H24HgN2. The molecule has 2 aliphatic rings. The van der Waals surface area contributed by atoms with Gasteiger partial charge in [-0.2, -0.15) is 0 Å². The van der Waals surface area contributed by atoms with Crippen molar-refractivity contribution in [2.24, 2.45) is 0 Å². The predicted octanol–water partition coefficient (Wildman–Crippen LogP) is 1.96. The molecule has 0 N–H and O–H groups in total. The Bertz CT molecular complexity index is 324. The molecule has 2 nitrogen and oxygen atoms in total. The third-order valence-electron chi connectivity index (χ3n) is 3.93. The molecule has 0 amide bonds. The first-order chi connectivity index (χ1) is 9.45. The summed E-state index contributed by atoms with van der Waals surface area (Å²) < 4.78 is 6.82. The van der Waals surface area contributed by atoms with E-state index in [1.165, 1.54) is 64.7 Å². The van der Waals surface area contributed by atoms with Crippen LogP contribution in [0.5, 0.6) is 0 Å². The van der Waals surface area contributed by atoms with Crippen LogP contribution in [0.1, 0.15) is 38.5 Å². The fourth-order valence-corrected chi connectivity index (χ4v) is 4.92. The van der Waals surface area contributed by atoms with Crippen LogP contribution >= 0.6 is 0 Å². The molecule has 0 aromatic carbocycles. The molecular weight excluding hydrogens is 421 g/mol. The van der Waals surface area contributed by atoms with Crippen molar-refractivity contribution < 1.29 is 24.6 Å². The van der Waals surface area contributed by atoms with E-state index in [0.717, 1.165) is 13.1 Å². The summed E-state index contributed by atoms with van der Waals surface area (Å²) in [4.78, 5) is 4.98. The van der Waals surface area contributed by atoms with E-state index in [-0.39, 0.29) is 0 Å². The molecule has 2 fully saturated rings. The molecule has 0 aromatic heterocycles. The molecule has 2 aliphatic heterocycles. The van der Waals surface area contributed by atoms with Gasteiger partial charge in [-0.15, -0.1) is 0 Å². The average molecular weight is 445 g/mol. The second kappa shape index (κ2) is 9.81. The Hall–Kier alpha value is -0.0249. The van der Waals surface area contributed by atoms with Crippen LogP contribution in [0.25, 0.3) is 0 Å². The summed E-state index contributed by atoms with van der Waals surface area (Å²) in [7, 11) is 0. The maximum atomic E-state index is 3.41. The predicted molar refractivity (Wildman–Crippen MR) is 76.1 cm³/mol. The van der Waals surface area contributed by atoms with Crippen LogP contribution in [0.4, 0.5) is 0 Å². The van der Waals surface area contributed by atoms with Gasteiger partial charge in [-0.25, -0.2) is 0 Å². The van der Waals surface area contributed by atoms with E-state index in [0.29, 0.717) is 0 Å². The van der Waals surface area contributed by atoms with Crippen molar-refractivity contribution in [1.29, 1.82) is 0 Å². The quantitative estimate of drug-likeness (QED) is 0.474. The molecule has 100 valence electrons. The summed E-state index contributed by atoms with van der Waals surface area (Å²) in [6.07, 6.45) is 8.27. The minimum absolute atomic E-state index is 0.994. The van der Waals surface area contributed by atoms with E-state index in [2.05, 4.69) is 28.5 Å². The van der Waals surface area contributed by atoms with Gasteiger partial charge in [0.1, 0.15) is 0 Å². The van der Waals surface area contributed by atoms with Crippen molar-refractivity contribution in [3.63, 3.8) is 0 Å². The van der Waals surface area contributed by atoms with Crippen molar-refractivity contribution >= 4 is 0 Å². The number of likely N-dealkylation sites (tertiary alicyclic amines) is 2. The first kappa shape index (κ1) is 15.4. The molecule has 0 atom stereocenters. The monoisotopic (exact) mass is 446 g/mol. The van der Waals surface area contributed by atoms with Crippen molar-refractivity contribution in [2.45, 2.75) is 38.5 Å². The molecule has 0 aromatic rings. The van der Waals surface area contributed by atoms with Crippen molar-refractivity contribution in [3.05, 3.63) is 0 Å². The van der Waals surface area contributed by atoms with Crippen LogP contribution in [-0.4, -0.2) is 49.1 Å². The molecule has 0 saturated carbocycles. The first-order valence-electron chi connectivity index (χ1n) is 7.81. The average Bonchev–Trinajstić information content (AvgIpc) is 2.48. The fourth-order valence-electron chi connectivity index (χ4n) is 2.74. The molecule has 0 aliphatic carbocycles. The van der Waals surface area contributed by atoms with Crippen LogP contribution in [0.2, 0.25) is 0 Å². The zero-order chi connectivity index (χ0) is 13.2. The van der Waals surface area contributed by atoms with Gasteiger partial charge in [-0.1, -0.05) is 0 Å². The number of rotatable bonds is 2. The Morgan fingerprint density at radius 3 is 1.47 bits per heavy atom. The topological polar surface area (TPSA) is 6.48 Å². The van der Waals surface area contributed by atoms with Gasteiger partial charge in [0.15, 0.2) is 0 Å². The van der Waals surface area contributed by atoms with Crippen LogP contribution in [0.3, 0.4) is 0 Å². The molecule has 2 saturated heterocycles. The second-order valence-electron chi connectivity index (χ2n) is 5.56. The maximum absolute atomic E-state index is 3.41. The minimum atomic E-state index is -1.17. The Balaban J connectivity index is 1.55. The van der Waals surface area contributed by atoms with Gasteiger partial charge in [0.2, 0.25) is 0 Å². The number of nitrogens with zero attached hydrogens (tertiary/aromatic N) is 2. The standard InChI is InChI=1S/2C8H12N.Hg/c2*1-2-6-9-7-4-3-5-8-9;/h2*3-8H2;. The van der Waals surface area contributed by atoms with Crippen LogP contribution in [0, 0.1) is 18.7 Å². The van der Waals surface area contributed by atoms with E-state index in [4.69, 9.17) is 0 Å². The van der Waals surface area contributed by atoms with E-state index in [1.54, 1.807) is 0 Å². The van der Waals surface area contributed by atoms with Gasteiger partial charge in [0.05, 0.1) is 0 Å². The third kappa shape index (κ3) is 6.80. The summed E-state index contributed by atoms with van der Waals surface area (Å²) >= 11 is -1.17. The van der Waals surface area contributed by atoms with Gasteiger partial charge < -0.3 is 0 Å². The molecule has 0 unspecified atom stereocenters. The Morgan fingerprint density at radius 1 is 0.632 bits per heavy atom. The molecule has 3 heteroatoms. The summed E-state index contributed by atoms with van der Waals surface area (Å²) in [5.74, 6) is 6.70. The summed E-state index contributed by atoms with van der Waals surface area (Å²) in [6, 6.07) is 0. The van der Waals surface area contributed by atoms with E-state index in [1.807, 2.05) is 0 Å². The zero-order valence-corrected chi connectivity index (χ0v) is 17.6. The van der Waals surface area contributed by atoms with Gasteiger partial charge in [-0.05, 0) is 0 Å². The number of hydrogen-bond acceptors (Lipinski definition) is 2. The Morgan fingerprint density at radius 2 is 1.05 bits per heavy atom. The van der Waals surface area contributed by atoms with Crippen molar-refractivity contribution in [2.75, 3.05) is 39.3 Å². The van der Waals surface area contributed by atoms with Crippen LogP contribution < -0.4 is 0 Å². The summed E-state index contributed by atoms with van der Waals surface area (Å²) in [5.41, 5.74) is 0.